The monoisotopic (exact) mass is 983 g/mol. The Morgan fingerprint density at radius 3 is 0.586 bits per heavy atom. The molecule has 0 saturated heterocycles. The van der Waals surface area contributed by atoms with Crippen molar-refractivity contribution in [3.8, 4) is 0 Å². The molecule has 0 fully saturated rings. The van der Waals surface area contributed by atoms with Crippen molar-refractivity contribution in [1.82, 2.24) is 0 Å². The number of hydrogen-bond acceptors (Lipinski definition) is 8. The first kappa shape index (κ1) is 69.0. The van der Waals surface area contributed by atoms with Crippen LogP contribution < -0.4 is 20.4 Å². The number of rotatable bonds is 38. The Kier molecular flexibility index (Phi) is 81.0. The Morgan fingerprint density at radius 1 is 0.276 bits per heavy atom. The molecule has 0 aromatic carbocycles. The van der Waals surface area contributed by atoms with Crippen molar-refractivity contribution in [3.05, 3.63) is 0 Å². The maximum Gasteiger partial charge on any atom is 2.00 e. The number of carboxylic acid groups (broad SMARTS) is 4. The van der Waals surface area contributed by atoms with Gasteiger partial charge in [0.15, 0.2) is 0 Å². The van der Waals surface area contributed by atoms with Gasteiger partial charge in [0.25, 0.3) is 0 Å². The summed E-state index contributed by atoms with van der Waals surface area (Å²) in [5.41, 5.74) is 0. The molecule has 0 atom stereocenters. The standard InChI is InChI=1S/2C12H24O2.2C8H16O2.2C4H9.Sn.Zn/c2*1-2-3-4-5-6-7-8-9-10-11-12(13)14;2*1-2-3-4-5-6-7-8(9)10;2*1-3-4-2;;/h2*2-11H2,1H3,(H,13,14);2*2-7H2,1H3,(H,9,10);2*1,3-4H2,2H3;;/q;;;;;;2*+2/p-4. The maximum absolute atomic E-state index is 10.1. The molecular weight excluding hydrogens is 889 g/mol. The van der Waals surface area contributed by atoms with Gasteiger partial charge in [0.1, 0.15) is 0 Å². The fourth-order valence-electron chi connectivity index (χ4n) is 5.63. The molecule has 0 unspecified atom stereocenters. The van der Waals surface area contributed by atoms with Gasteiger partial charge in [-0.15, -0.1) is 0 Å². The van der Waals surface area contributed by atoms with Crippen molar-refractivity contribution in [2.24, 2.45) is 0 Å². The molecule has 0 bridgehead atoms. The molecule has 0 heterocycles. The normalized spacial score (nSPS) is 9.76. The molecule has 0 N–H and O–H groups in total. The SMILES string of the molecule is CCCCCCCC(=O)[O-].CCCCCCCC(=O)[O-].CCCCCCCCCCCC(=O)[O-].CCCCCCCCCCCC(=O)[O-].CCC[CH2][Sn+2][CH2]CCC.[Zn+2]. The first-order chi connectivity index (χ1) is 27.5. The van der Waals surface area contributed by atoms with Gasteiger partial charge < -0.3 is 39.6 Å². The third kappa shape index (κ3) is 95.6. The zero-order chi connectivity index (χ0) is 43.9. The molecule has 0 aliphatic rings. The van der Waals surface area contributed by atoms with Crippen molar-refractivity contribution in [3.63, 3.8) is 0 Å². The molecule has 8 nitrogen and oxygen atoms in total. The molecule has 0 saturated carbocycles. The van der Waals surface area contributed by atoms with E-state index in [0.29, 0.717) is 0 Å². The number of unbranched alkanes of at least 4 members (excludes halogenated alkanes) is 26. The Balaban J connectivity index is -0.000000147. The summed E-state index contributed by atoms with van der Waals surface area (Å²) in [6.45, 7) is 13.3. The summed E-state index contributed by atoms with van der Waals surface area (Å²) in [6.07, 6.45) is 39.4. The van der Waals surface area contributed by atoms with Crippen LogP contribution in [0.5, 0.6) is 0 Å². The van der Waals surface area contributed by atoms with Gasteiger partial charge >= 0.3 is 89.0 Å². The summed E-state index contributed by atoms with van der Waals surface area (Å²) >= 11 is 0.149. The average molecular weight is 983 g/mol. The van der Waals surface area contributed by atoms with E-state index in [1.165, 1.54) is 141 Å². The zero-order valence-electron chi connectivity index (χ0n) is 39.3. The number of aliphatic carboxylic acids is 4. The van der Waals surface area contributed by atoms with Crippen LogP contribution in [-0.4, -0.2) is 45.0 Å². The molecule has 340 valence electrons. The number of carboxylic acids is 4. The Bertz CT molecular complexity index is 723. The van der Waals surface area contributed by atoms with Crippen LogP contribution in [0.25, 0.3) is 0 Å². The van der Waals surface area contributed by atoms with E-state index in [0.717, 1.165) is 64.2 Å². The predicted octanol–water partition coefficient (Wildman–Crippen LogP) is 10.6. The van der Waals surface area contributed by atoms with Gasteiger partial charge in [-0.3, -0.25) is 0 Å². The summed E-state index contributed by atoms with van der Waals surface area (Å²) in [4.78, 5) is 40.0. The van der Waals surface area contributed by atoms with E-state index < -0.39 is 23.9 Å². The number of carbonyl (C=O) groups excluding carboxylic acids is 4. The summed E-state index contributed by atoms with van der Waals surface area (Å²) in [5.74, 6) is -3.66. The predicted molar refractivity (Wildman–Crippen MR) is 236 cm³/mol. The van der Waals surface area contributed by atoms with Crippen LogP contribution in [-0.2, 0) is 38.7 Å². The van der Waals surface area contributed by atoms with Gasteiger partial charge in [-0.2, -0.15) is 0 Å². The van der Waals surface area contributed by atoms with Crippen molar-refractivity contribution < 1.29 is 59.1 Å². The molecule has 0 radical (unpaired) electrons. The van der Waals surface area contributed by atoms with Crippen LogP contribution >= 0.6 is 0 Å². The van der Waals surface area contributed by atoms with Gasteiger partial charge in [0.2, 0.25) is 0 Å². The van der Waals surface area contributed by atoms with Gasteiger partial charge in [-0.25, -0.2) is 0 Å². The van der Waals surface area contributed by atoms with Crippen molar-refractivity contribution in [2.75, 3.05) is 0 Å². The van der Waals surface area contributed by atoms with Crippen LogP contribution in [0.1, 0.15) is 273 Å². The van der Waals surface area contributed by atoms with Crippen LogP contribution in [0.3, 0.4) is 0 Å². The molecule has 0 aromatic heterocycles. The summed E-state index contributed by atoms with van der Waals surface area (Å²) in [7, 11) is 0. The molecule has 0 aliphatic carbocycles. The first-order valence-electron chi connectivity index (χ1n) is 24.0. The quantitative estimate of drug-likeness (QED) is 0.0436. The van der Waals surface area contributed by atoms with Gasteiger partial charge in [-0.05, 0) is 51.4 Å². The van der Waals surface area contributed by atoms with E-state index in [9.17, 15) is 39.6 Å². The second kappa shape index (κ2) is 68.1. The van der Waals surface area contributed by atoms with Crippen molar-refractivity contribution in [1.29, 1.82) is 0 Å². The minimum absolute atomic E-state index is 0. The Labute approximate surface area is 383 Å². The molecule has 0 rings (SSSR count). The molecule has 0 spiro atoms. The van der Waals surface area contributed by atoms with E-state index in [1.54, 1.807) is 8.87 Å². The second-order valence-electron chi connectivity index (χ2n) is 15.4. The van der Waals surface area contributed by atoms with Gasteiger partial charge in [0.05, 0.1) is 0 Å². The third-order valence-corrected chi connectivity index (χ3v) is 13.4. The third-order valence-electron chi connectivity index (χ3n) is 9.35. The summed E-state index contributed by atoms with van der Waals surface area (Å²) < 4.78 is 3.25. The molecule has 0 aliphatic heterocycles. The van der Waals surface area contributed by atoms with Gasteiger partial charge in [-0.1, -0.05) is 182 Å². The number of carbonyl (C=O) groups is 4. The fourth-order valence-corrected chi connectivity index (χ4v) is 9.79. The van der Waals surface area contributed by atoms with E-state index in [1.807, 2.05) is 0 Å². The van der Waals surface area contributed by atoms with E-state index in [4.69, 9.17) is 0 Å². The summed E-state index contributed by atoms with van der Waals surface area (Å²) in [6, 6.07) is 0. The van der Waals surface area contributed by atoms with Crippen LogP contribution in [0, 0.1) is 0 Å². The smallest absolute Gasteiger partial charge is 2.00 e. The molecular formula is C48H94O8SnZn. The largest absolute Gasteiger partial charge is 2.00 e. The molecule has 58 heavy (non-hydrogen) atoms. The van der Waals surface area contributed by atoms with Crippen molar-refractivity contribution in [2.45, 2.75) is 282 Å². The van der Waals surface area contributed by atoms with Gasteiger partial charge in [0, 0.05) is 23.9 Å². The topological polar surface area (TPSA) is 161 Å². The van der Waals surface area contributed by atoms with Crippen molar-refractivity contribution >= 4 is 45.0 Å². The van der Waals surface area contributed by atoms with E-state index in [-0.39, 0.29) is 66.3 Å². The van der Waals surface area contributed by atoms with Crippen LogP contribution in [0.2, 0.25) is 8.87 Å². The van der Waals surface area contributed by atoms with E-state index >= 15 is 0 Å². The first-order valence-corrected chi connectivity index (χ1v) is 28.0. The van der Waals surface area contributed by atoms with Crippen LogP contribution in [0.15, 0.2) is 0 Å². The van der Waals surface area contributed by atoms with E-state index in [2.05, 4.69) is 41.5 Å². The zero-order valence-corrected chi connectivity index (χ0v) is 45.2. The number of hydrogen-bond donors (Lipinski definition) is 0. The second-order valence-corrected chi connectivity index (χ2v) is 19.7. The maximum atomic E-state index is 10.1. The fraction of sp³-hybridized carbons (Fsp3) is 0.917. The molecule has 0 aromatic rings. The summed E-state index contributed by atoms with van der Waals surface area (Å²) in [5, 5.41) is 40.0. The van der Waals surface area contributed by atoms with Crippen LogP contribution in [0.4, 0.5) is 0 Å². The molecule has 10 heteroatoms. The molecule has 0 amide bonds. The average Bonchev–Trinajstić information content (AvgIpc) is 3.17. The Morgan fingerprint density at radius 2 is 0.431 bits per heavy atom. The Hall–Kier alpha value is -0.698. The minimum Gasteiger partial charge on any atom is 2.00 e. The minimum atomic E-state index is -0.920.